The average molecular weight is 232 g/mol. The number of nitrogens with one attached hydrogen (secondary N) is 1. The normalized spacial score (nSPS) is 9.82. The summed E-state index contributed by atoms with van der Waals surface area (Å²) in [5.74, 6) is -0.567. The summed E-state index contributed by atoms with van der Waals surface area (Å²) in [6.07, 6.45) is 0.849. The molecule has 0 aliphatic heterocycles. The minimum absolute atomic E-state index is 0.106. The smallest absolute Gasteiger partial charge is 0.272 e. The number of benzene rings is 1. The molecule has 0 aliphatic carbocycles. The van der Waals surface area contributed by atoms with Gasteiger partial charge < -0.3 is 0 Å². The number of hydrazone groups is 1. The van der Waals surface area contributed by atoms with Gasteiger partial charge in [0.25, 0.3) is 11.6 Å². The maximum atomic E-state index is 10.9. The number of amides is 1. The average Bonchev–Trinajstić information content (AvgIpc) is 2.30. The zero-order chi connectivity index (χ0) is 12.7. The summed E-state index contributed by atoms with van der Waals surface area (Å²) in [7, 11) is 0. The predicted octanol–water partition coefficient (Wildman–Crippen LogP) is 0.959. The number of para-hydroxylation sites is 1. The Morgan fingerprint density at radius 3 is 2.94 bits per heavy atom. The van der Waals surface area contributed by atoms with E-state index < -0.39 is 10.8 Å². The lowest BCUT2D eigenvalue weighted by molar-refractivity contribution is -0.385. The van der Waals surface area contributed by atoms with Crippen LogP contribution in [-0.2, 0) is 4.79 Å². The van der Waals surface area contributed by atoms with Gasteiger partial charge in [-0.05, 0) is 6.07 Å². The minimum atomic E-state index is -0.567. The second-order valence-corrected chi connectivity index (χ2v) is 2.94. The Bertz CT molecular complexity index is 505. The molecule has 7 nitrogen and oxygen atoms in total. The fourth-order valence-corrected chi connectivity index (χ4v) is 1.05. The highest BCUT2D eigenvalue weighted by molar-refractivity contribution is 5.86. The Kier molecular flexibility index (Phi) is 4.33. The van der Waals surface area contributed by atoms with Crippen molar-refractivity contribution in [1.82, 2.24) is 5.43 Å². The third-order valence-corrected chi connectivity index (χ3v) is 1.77. The highest BCUT2D eigenvalue weighted by Crippen LogP contribution is 2.14. The quantitative estimate of drug-likeness (QED) is 0.473. The molecule has 0 bridgehead atoms. The van der Waals surface area contributed by atoms with Gasteiger partial charge in [-0.3, -0.25) is 14.9 Å². The van der Waals surface area contributed by atoms with E-state index in [1.54, 1.807) is 12.1 Å². The molecule has 17 heavy (non-hydrogen) atoms. The molecule has 0 atom stereocenters. The number of carbonyl (C=O) groups is 1. The number of nitro benzene ring substituents is 1. The molecule has 1 rings (SSSR count). The van der Waals surface area contributed by atoms with Crippen LogP contribution < -0.4 is 5.43 Å². The first kappa shape index (κ1) is 12.3. The van der Waals surface area contributed by atoms with Crippen LogP contribution in [0.25, 0.3) is 0 Å². The van der Waals surface area contributed by atoms with E-state index in [2.05, 4.69) is 10.5 Å². The molecule has 0 saturated heterocycles. The van der Waals surface area contributed by atoms with E-state index in [4.69, 9.17) is 5.26 Å². The van der Waals surface area contributed by atoms with Crippen LogP contribution in [0.2, 0.25) is 0 Å². The molecule has 7 heteroatoms. The lowest BCUT2D eigenvalue weighted by Crippen LogP contribution is -2.16. The molecular weight excluding hydrogens is 224 g/mol. The molecule has 0 spiro atoms. The van der Waals surface area contributed by atoms with Crippen molar-refractivity contribution in [3.63, 3.8) is 0 Å². The van der Waals surface area contributed by atoms with Gasteiger partial charge in [0.05, 0.1) is 22.8 Å². The first-order chi connectivity index (χ1) is 8.15. The van der Waals surface area contributed by atoms with Crippen molar-refractivity contribution in [3.05, 3.63) is 39.9 Å². The summed E-state index contributed by atoms with van der Waals surface area (Å²) in [6, 6.07) is 7.63. The van der Waals surface area contributed by atoms with Crippen molar-refractivity contribution in [2.75, 3.05) is 0 Å². The van der Waals surface area contributed by atoms with Gasteiger partial charge in [-0.1, -0.05) is 12.1 Å². The zero-order valence-electron chi connectivity index (χ0n) is 8.66. The number of nitrogens with zero attached hydrogens (tertiary/aromatic N) is 3. The Labute approximate surface area is 96.5 Å². The van der Waals surface area contributed by atoms with Crippen LogP contribution in [0, 0.1) is 21.4 Å². The highest BCUT2D eigenvalue weighted by atomic mass is 16.6. The van der Waals surface area contributed by atoms with Crippen molar-refractivity contribution >= 4 is 17.8 Å². The van der Waals surface area contributed by atoms with Gasteiger partial charge in [-0.25, -0.2) is 5.43 Å². The molecule has 0 unspecified atom stereocenters. The maximum absolute atomic E-state index is 10.9. The van der Waals surface area contributed by atoms with Crippen LogP contribution in [-0.4, -0.2) is 17.0 Å². The van der Waals surface area contributed by atoms with E-state index in [0.29, 0.717) is 0 Å². The lowest BCUT2D eigenvalue weighted by Gasteiger charge is -1.96. The predicted molar refractivity (Wildman–Crippen MR) is 59.1 cm³/mol. The minimum Gasteiger partial charge on any atom is -0.272 e. The molecule has 1 aromatic carbocycles. The molecular formula is C10H8N4O3. The van der Waals surface area contributed by atoms with Crippen molar-refractivity contribution in [2.24, 2.45) is 5.10 Å². The van der Waals surface area contributed by atoms with Crippen LogP contribution in [0.4, 0.5) is 5.69 Å². The molecule has 86 valence electrons. The van der Waals surface area contributed by atoms with Crippen LogP contribution in [0.1, 0.15) is 12.0 Å². The second kappa shape index (κ2) is 5.97. The van der Waals surface area contributed by atoms with Crippen molar-refractivity contribution in [2.45, 2.75) is 6.42 Å². The van der Waals surface area contributed by atoms with E-state index in [9.17, 15) is 14.9 Å². The van der Waals surface area contributed by atoms with Gasteiger partial charge in [-0.2, -0.15) is 10.4 Å². The first-order valence-corrected chi connectivity index (χ1v) is 4.57. The van der Waals surface area contributed by atoms with Gasteiger partial charge in [0.15, 0.2) is 0 Å². The lowest BCUT2D eigenvalue weighted by atomic mass is 10.2. The molecule has 1 aromatic rings. The number of hydrogen-bond donors (Lipinski definition) is 1. The number of nitro groups is 1. The summed E-state index contributed by atoms with van der Waals surface area (Å²) in [4.78, 5) is 21.0. The third kappa shape index (κ3) is 3.71. The van der Waals surface area contributed by atoms with Crippen LogP contribution >= 0.6 is 0 Å². The molecule has 1 N–H and O–H groups in total. The van der Waals surface area contributed by atoms with E-state index in [1.807, 2.05) is 0 Å². The SMILES string of the molecule is N#CCC(=O)N/N=C\c1ccccc1[N+](=O)[O-]. The monoisotopic (exact) mass is 232 g/mol. The summed E-state index contributed by atoms with van der Waals surface area (Å²) < 4.78 is 0. The molecule has 0 heterocycles. The van der Waals surface area contributed by atoms with Gasteiger partial charge in [0.2, 0.25) is 0 Å². The van der Waals surface area contributed by atoms with Crippen LogP contribution in [0.5, 0.6) is 0 Å². The largest absolute Gasteiger partial charge is 0.278 e. The topological polar surface area (TPSA) is 108 Å². The fourth-order valence-electron chi connectivity index (χ4n) is 1.05. The first-order valence-electron chi connectivity index (χ1n) is 4.57. The van der Waals surface area contributed by atoms with E-state index >= 15 is 0 Å². The summed E-state index contributed by atoms with van der Waals surface area (Å²) >= 11 is 0. The Morgan fingerprint density at radius 2 is 2.29 bits per heavy atom. The van der Waals surface area contributed by atoms with Crippen molar-refractivity contribution < 1.29 is 9.72 Å². The van der Waals surface area contributed by atoms with Gasteiger partial charge in [-0.15, -0.1) is 0 Å². The third-order valence-electron chi connectivity index (χ3n) is 1.77. The molecule has 0 radical (unpaired) electrons. The number of nitriles is 1. The molecule has 0 saturated carbocycles. The van der Waals surface area contributed by atoms with Crippen LogP contribution in [0.15, 0.2) is 29.4 Å². The standard InChI is InChI=1S/C10H8N4O3/c11-6-5-10(15)13-12-7-8-3-1-2-4-9(8)14(16)17/h1-4,7H,5H2,(H,13,15)/b12-7-. The van der Waals surface area contributed by atoms with Crippen molar-refractivity contribution in [1.29, 1.82) is 5.26 Å². The number of rotatable bonds is 4. The summed E-state index contributed by atoms with van der Waals surface area (Å²) in [5, 5.41) is 22.4. The van der Waals surface area contributed by atoms with Crippen molar-refractivity contribution in [3.8, 4) is 6.07 Å². The molecule has 0 aliphatic rings. The van der Waals surface area contributed by atoms with Crippen LogP contribution in [0.3, 0.4) is 0 Å². The Hall–Kier alpha value is -2.75. The van der Waals surface area contributed by atoms with E-state index in [1.165, 1.54) is 18.2 Å². The van der Waals surface area contributed by atoms with Gasteiger partial charge in [0, 0.05) is 6.07 Å². The van der Waals surface area contributed by atoms with E-state index in [0.717, 1.165) is 6.21 Å². The highest BCUT2D eigenvalue weighted by Gasteiger charge is 2.09. The van der Waals surface area contributed by atoms with Gasteiger partial charge >= 0.3 is 0 Å². The van der Waals surface area contributed by atoms with E-state index in [-0.39, 0.29) is 17.7 Å². The zero-order valence-corrected chi connectivity index (χ0v) is 8.66. The molecule has 0 aromatic heterocycles. The summed E-state index contributed by atoms with van der Waals surface area (Å²) in [6.45, 7) is 0. The van der Waals surface area contributed by atoms with Gasteiger partial charge in [0.1, 0.15) is 6.42 Å². The Balaban J connectivity index is 2.75. The maximum Gasteiger partial charge on any atom is 0.278 e. The fraction of sp³-hybridized carbons (Fsp3) is 0.100. The molecule has 0 fully saturated rings. The number of hydrogen-bond acceptors (Lipinski definition) is 5. The summed E-state index contributed by atoms with van der Waals surface area (Å²) in [5.41, 5.74) is 2.25. The molecule has 1 amide bonds. The Morgan fingerprint density at radius 1 is 1.59 bits per heavy atom. The second-order valence-electron chi connectivity index (χ2n) is 2.94. The number of carbonyl (C=O) groups excluding carboxylic acids is 1.